The zero-order valence-electron chi connectivity index (χ0n) is 15.8. The average molecular weight is 447 g/mol. The van der Waals surface area contributed by atoms with Crippen LogP contribution in [0.25, 0.3) is 11.1 Å². The molecule has 1 aliphatic rings. The molecule has 29 heavy (non-hydrogen) atoms. The molecule has 144 valence electrons. The maximum Gasteiger partial charge on any atom is 0.233 e. The van der Waals surface area contributed by atoms with Crippen molar-refractivity contribution < 1.29 is 9.53 Å². The number of rotatable bonds is 5. The van der Waals surface area contributed by atoms with Crippen molar-refractivity contribution >= 4 is 21.7 Å². The molecule has 3 aromatic rings. The van der Waals surface area contributed by atoms with Gasteiger partial charge in [-0.2, -0.15) is 5.26 Å². The lowest BCUT2D eigenvalue weighted by molar-refractivity contribution is 0.0917. The van der Waals surface area contributed by atoms with E-state index in [4.69, 9.17) is 4.74 Å². The number of pyridine rings is 1. The predicted octanol–water partition coefficient (Wildman–Crippen LogP) is 5.52. The molecule has 5 heteroatoms. The summed E-state index contributed by atoms with van der Waals surface area (Å²) in [4.78, 5) is 17.2. The van der Waals surface area contributed by atoms with Gasteiger partial charge in [0.2, 0.25) is 5.88 Å². The van der Waals surface area contributed by atoms with Crippen LogP contribution in [-0.4, -0.2) is 17.4 Å². The second-order valence-electron chi connectivity index (χ2n) is 7.00. The van der Waals surface area contributed by atoms with E-state index in [1.54, 1.807) is 12.1 Å². The van der Waals surface area contributed by atoms with Gasteiger partial charge in [-0.05, 0) is 48.9 Å². The van der Waals surface area contributed by atoms with E-state index >= 15 is 0 Å². The van der Waals surface area contributed by atoms with Gasteiger partial charge in [-0.1, -0.05) is 58.4 Å². The molecule has 2 aromatic carbocycles. The number of ether oxygens (including phenoxy) is 1. The minimum absolute atomic E-state index is 0.151. The molecule has 4 nitrogen and oxygen atoms in total. The Labute approximate surface area is 178 Å². The van der Waals surface area contributed by atoms with Crippen molar-refractivity contribution in [3.63, 3.8) is 0 Å². The number of aromatic nitrogens is 1. The lowest BCUT2D eigenvalue weighted by Gasteiger charge is -2.22. The minimum Gasteiger partial charge on any atom is -0.468 e. The van der Waals surface area contributed by atoms with Crippen molar-refractivity contribution in [2.45, 2.75) is 25.7 Å². The number of carbonyl (C=O) groups is 1. The third-order valence-electron chi connectivity index (χ3n) is 5.12. The number of carbonyl (C=O) groups excluding carboxylic acids is 1. The lowest BCUT2D eigenvalue weighted by Crippen LogP contribution is -2.16. The van der Waals surface area contributed by atoms with Gasteiger partial charge in [-0.3, -0.25) is 4.79 Å². The van der Waals surface area contributed by atoms with E-state index in [-0.39, 0.29) is 18.3 Å². The molecule has 1 aliphatic carbocycles. The van der Waals surface area contributed by atoms with Gasteiger partial charge < -0.3 is 4.74 Å². The fourth-order valence-corrected chi connectivity index (χ4v) is 3.97. The highest BCUT2D eigenvalue weighted by atomic mass is 79.9. The molecule has 0 aliphatic heterocycles. The number of fused-ring (bicyclic) bond motifs is 1. The maximum absolute atomic E-state index is 12.5. The molecule has 0 amide bonds. The van der Waals surface area contributed by atoms with Gasteiger partial charge in [-0.15, -0.1) is 0 Å². The van der Waals surface area contributed by atoms with Crippen molar-refractivity contribution in [2.75, 3.05) is 6.61 Å². The molecule has 0 spiro atoms. The number of hydrogen-bond donors (Lipinski definition) is 0. The molecule has 0 fully saturated rings. The number of aryl methyl sites for hydroxylation is 1. The molecule has 4 rings (SSSR count). The summed E-state index contributed by atoms with van der Waals surface area (Å²) < 4.78 is 6.72. The number of benzene rings is 2. The van der Waals surface area contributed by atoms with Crippen molar-refractivity contribution in [1.82, 2.24) is 4.98 Å². The number of ketones is 1. The normalized spacial score (nSPS) is 12.7. The largest absolute Gasteiger partial charge is 0.468 e. The highest BCUT2D eigenvalue weighted by Crippen LogP contribution is 2.37. The van der Waals surface area contributed by atoms with Crippen molar-refractivity contribution in [2.24, 2.45) is 0 Å². The van der Waals surface area contributed by atoms with Crippen molar-refractivity contribution in [3.05, 3.63) is 81.5 Å². The first-order chi connectivity index (χ1) is 14.2. The zero-order chi connectivity index (χ0) is 20.2. The SMILES string of the molecule is N#Cc1c(OCC(=O)c2ccc(Br)cc2)nc2c(c1-c1ccccc1)CCCC2. The topological polar surface area (TPSA) is 63.0 Å². The molecule has 0 bridgehead atoms. The molecule has 0 unspecified atom stereocenters. The van der Waals surface area contributed by atoms with Crippen LogP contribution < -0.4 is 4.74 Å². The Kier molecular flexibility index (Phi) is 5.73. The number of hydrogen-bond acceptors (Lipinski definition) is 4. The van der Waals surface area contributed by atoms with Gasteiger partial charge in [0, 0.05) is 21.3 Å². The Hall–Kier alpha value is -2.97. The van der Waals surface area contributed by atoms with Gasteiger partial charge in [0.1, 0.15) is 11.6 Å². The summed E-state index contributed by atoms with van der Waals surface area (Å²) in [6, 6.07) is 19.3. The van der Waals surface area contributed by atoms with Crippen LogP contribution >= 0.6 is 15.9 Å². The summed E-state index contributed by atoms with van der Waals surface area (Å²) in [6.07, 6.45) is 3.91. The highest BCUT2D eigenvalue weighted by Gasteiger charge is 2.24. The number of Topliss-reactive ketones (excluding diaryl/α,β-unsaturated/α-hetero) is 1. The second-order valence-corrected chi connectivity index (χ2v) is 7.91. The minimum atomic E-state index is -0.156. The monoisotopic (exact) mass is 446 g/mol. The zero-order valence-corrected chi connectivity index (χ0v) is 17.4. The van der Waals surface area contributed by atoms with Crippen LogP contribution in [0.3, 0.4) is 0 Å². The summed E-state index contributed by atoms with van der Waals surface area (Å²) >= 11 is 3.37. The summed E-state index contributed by atoms with van der Waals surface area (Å²) in [5, 5.41) is 9.91. The standard InChI is InChI=1S/C24H19BrN2O2/c25-18-12-10-16(11-13-18)22(28)15-29-24-20(14-26)23(17-6-2-1-3-7-17)19-8-4-5-9-21(19)27-24/h1-3,6-7,10-13H,4-5,8-9,15H2. The Bertz CT molecular complexity index is 1090. The quantitative estimate of drug-likeness (QED) is 0.483. The van der Waals surface area contributed by atoms with Crippen LogP contribution in [0.4, 0.5) is 0 Å². The second kappa shape index (κ2) is 8.59. The van der Waals surface area contributed by atoms with Crippen LogP contribution in [-0.2, 0) is 12.8 Å². The van der Waals surface area contributed by atoms with Crippen LogP contribution in [0, 0.1) is 11.3 Å². The van der Waals surface area contributed by atoms with Crippen LogP contribution in [0.15, 0.2) is 59.1 Å². The Morgan fingerprint density at radius 1 is 1.07 bits per heavy atom. The van der Waals surface area contributed by atoms with Gasteiger partial charge >= 0.3 is 0 Å². The first-order valence-corrected chi connectivity index (χ1v) is 10.4. The molecule has 1 heterocycles. The molecule has 0 N–H and O–H groups in total. The van der Waals surface area contributed by atoms with Crippen LogP contribution in [0.1, 0.15) is 40.0 Å². The molecular formula is C24H19BrN2O2. The van der Waals surface area contributed by atoms with Gasteiger partial charge in [-0.25, -0.2) is 4.98 Å². The van der Waals surface area contributed by atoms with Gasteiger partial charge in [0.05, 0.1) is 0 Å². The van der Waals surface area contributed by atoms with E-state index in [9.17, 15) is 10.1 Å². The smallest absolute Gasteiger partial charge is 0.233 e. The molecule has 0 saturated carbocycles. The van der Waals surface area contributed by atoms with Crippen LogP contribution in [0.5, 0.6) is 5.88 Å². The summed E-state index contributed by atoms with van der Waals surface area (Å²) in [7, 11) is 0. The Morgan fingerprint density at radius 3 is 2.52 bits per heavy atom. The molecular weight excluding hydrogens is 428 g/mol. The first-order valence-electron chi connectivity index (χ1n) is 9.60. The number of nitriles is 1. The third-order valence-corrected chi connectivity index (χ3v) is 5.65. The Balaban J connectivity index is 1.71. The molecule has 1 aromatic heterocycles. The Morgan fingerprint density at radius 2 is 1.79 bits per heavy atom. The fourth-order valence-electron chi connectivity index (χ4n) is 3.70. The first kappa shape index (κ1) is 19.4. The number of nitrogens with zero attached hydrogens (tertiary/aromatic N) is 2. The highest BCUT2D eigenvalue weighted by molar-refractivity contribution is 9.10. The third kappa shape index (κ3) is 4.08. The van der Waals surface area contributed by atoms with E-state index in [1.807, 2.05) is 42.5 Å². The predicted molar refractivity (Wildman–Crippen MR) is 115 cm³/mol. The summed E-state index contributed by atoms with van der Waals surface area (Å²) in [5.74, 6) is 0.0969. The lowest BCUT2D eigenvalue weighted by atomic mass is 9.87. The number of halogens is 1. The van der Waals surface area contributed by atoms with Gasteiger partial charge in [0.15, 0.2) is 12.4 Å². The van der Waals surface area contributed by atoms with E-state index in [2.05, 4.69) is 27.0 Å². The molecule has 0 saturated heterocycles. The van der Waals surface area contributed by atoms with E-state index in [1.165, 1.54) is 0 Å². The van der Waals surface area contributed by atoms with Crippen molar-refractivity contribution in [3.8, 4) is 23.1 Å². The fraction of sp³-hybridized carbons (Fsp3) is 0.208. The van der Waals surface area contributed by atoms with Crippen LogP contribution in [0.2, 0.25) is 0 Å². The summed E-state index contributed by atoms with van der Waals surface area (Å²) in [6.45, 7) is -0.156. The van der Waals surface area contributed by atoms with Crippen molar-refractivity contribution in [1.29, 1.82) is 5.26 Å². The summed E-state index contributed by atoms with van der Waals surface area (Å²) in [5.41, 5.74) is 4.94. The average Bonchev–Trinajstić information content (AvgIpc) is 2.77. The van der Waals surface area contributed by atoms with E-state index in [0.717, 1.165) is 52.5 Å². The molecule has 0 atom stereocenters. The maximum atomic E-state index is 12.5. The molecule has 0 radical (unpaired) electrons. The van der Waals surface area contributed by atoms with E-state index in [0.29, 0.717) is 11.1 Å². The van der Waals surface area contributed by atoms with E-state index < -0.39 is 0 Å². The van der Waals surface area contributed by atoms with Gasteiger partial charge in [0.25, 0.3) is 0 Å².